The third-order valence-electron chi connectivity index (χ3n) is 2.80. The number of fused-ring (bicyclic) bond motifs is 1. The predicted molar refractivity (Wildman–Crippen MR) is 62.0 cm³/mol. The summed E-state index contributed by atoms with van der Waals surface area (Å²) in [4.78, 5) is 0. The normalized spacial score (nSPS) is 20.3. The van der Waals surface area contributed by atoms with Crippen molar-refractivity contribution >= 4 is 0 Å². The van der Waals surface area contributed by atoms with Crippen LogP contribution in [0, 0.1) is 0 Å². The van der Waals surface area contributed by atoms with Crippen LogP contribution in [0.1, 0.15) is 31.1 Å². The van der Waals surface area contributed by atoms with Crippen molar-refractivity contribution in [2.45, 2.75) is 32.4 Å². The van der Waals surface area contributed by atoms with Gasteiger partial charge in [-0.05, 0) is 17.5 Å². The minimum Gasteiger partial charge on any atom is -0.372 e. The number of rotatable bonds is 3. The van der Waals surface area contributed by atoms with Gasteiger partial charge in [-0.1, -0.05) is 38.1 Å². The van der Waals surface area contributed by atoms with Crippen LogP contribution in [-0.4, -0.2) is 19.2 Å². The summed E-state index contributed by atoms with van der Waals surface area (Å²) in [5, 5.41) is 3.43. The van der Waals surface area contributed by atoms with Gasteiger partial charge in [-0.3, -0.25) is 0 Å². The van der Waals surface area contributed by atoms with Crippen molar-refractivity contribution in [1.82, 2.24) is 5.32 Å². The number of hydrogen-bond donors (Lipinski definition) is 1. The van der Waals surface area contributed by atoms with Crippen LogP contribution in [0.2, 0.25) is 0 Å². The summed E-state index contributed by atoms with van der Waals surface area (Å²) in [5.41, 5.74) is 2.80. The van der Waals surface area contributed by atoms with E-state index in [1.54, 1.807) is 0 Å². The Balaban J connectivity index is 2.08. The van der Waals surface area contributed by atoms with E-state index in [1.807, 2.05) is 0 Å². The molecule has 0 saturated carbocycles. The smallest absolute Gasteiger partial charge is 0.0952 e. The highest BCUT2D eigenvalue weighted by Gasteiger charge is 2.19. The van der Waals surface area contributed by atoms with Gasteiger partial charge >= 0.3 is 0 Å². The summed E-state index contributed by atoms with van der Waals surface area (Å²) >= 11 is 0. The summed E-state index contributed by atoms with van der Waals surface area (Å²) in [6.07, 6.45) is 1.28. The van der Waals surface area contributed by atoms with E-state index in [0.29, 0.717) is 6.04 Å². The molecule has 1 unspecified atom stereocenters. The molecular weight excluding hydrogens is 186 g/mol. The summed E-state index contributed by atoms with van der Waals surface area (Å²) in [6.45, 7) is 6.08. The van der Waals surface area contributed by atoms with Gasteiger partial charge in [-0.15, -0.1) is 0 Å². The van der Waals surface area contributed by atoms with E-state index in [4.69, 9.17) is 4.74 Å². The molecular formula is C13H19NO. The second kappa shape index (κ2) is 4.77. The molecule has 0 aliphatic carbocycles. The lowest BCUT2D eigenvalue weighted by atomic mass is 9.97. The maximum Gasteiger partial charge on any atom is 0.0952 e. The second-order valence-electron chi connectivity index (χ2n) is 4.37. The fourth-order valence-corrected chi connectivity index (χ4v) is 1.99. The molecule has 1 heterocycles. The number of benzene rings is 1. The van der Waals surface area contributed by atoms with E-state index in [0.717, 1.165) is 19.6 Å². The quantitative estimate of drug-likeness (QED) is 0.817. The van der Waals surface area contributed by atoms with Gasteiger partial charge < -0.3 is 10.1 Å². The first-order valence-electron chi connectivity index (χ1n) is 5.70. The van der Waals surface area contributed by atoms with Crippen molar-refractivity contribution in [2.24, 2.45) is 0 Å². The van der Waals surface area contributed by atoms with Crippen LogP contribution in [0.3, 0.4) is 0 Å². The van der Waals surface area contributed by atoms with Gasteiger partial charge in [0.15, 0.2) is 0 Å². The molecule has 0 radical (unpaired) electrons. The van der Waals surface area contributed by atoms with E-state index in [1.165, 1.54) is 11.1 Å². The number of hydrogen-bond acceptors (Lipinski definition) is 2. The van der Waals surface area contributed by atoms with Gasteiger partial charge in [0.2, 0.25) is 0 Å². The minimum atomic E-state index is 0.234. The standard InChI is InChI=1S/C13H19NO/c1-10(2)14-9-13-12-6-4-3-5-11(12)7-8-15-13/h3-6,10,13-14H,7-9H2,1-2H3. The fraction of sp³-hybridized carbons (Fsp3) is 0.538. The van der Waals surface area contributed by atoms with Gasteiger partial charge in [0, 0.05) is 12.6 Å². The Morgan fingerprint density at radius 3 is 3.00 bits per heavy atom. The van der Waals surface area contributed by atoms with Gasteiger partial charge in [0.05, 0.1) is 12.7 Å². The first-order chi connectivity index (χ1) is 7.27. The van der Waals surface area contributed by atoms with Crippen LogP contribution in [0.25, 0.3) is 0 Å². The molecule has 0 spiro atoms. The van der Waals surface area contributed by atoms with Crippen LogP contribution in [0.15, 0.2) is 24.3 Å². The molecule has 0 aromatic heterocycles. The van der Waals surface area contributed by atoms with E-state index >= 15 is 0 Å². The summed E-state index contributed by atoms with van der Waals surface area (Å²) < 4.78 is 5.79. The Bertz CT molecular complexity index is 322. The molecule has 15 heavy (non-hydrogen) atoms. The van der Waals surface area contributed by atoms with Crippen LogP contribution in [-0.2, 0) is 11.2 Å². The summed E-state index contributed by atoms with van der Waals surface area (Å²) in [7, 11) is 0. The number of ether oxygens (including phenoxy) is 1. The van der Waals surface area contributed by atoms with Crippen LogP contribution >= 0.6 is 0 Å². The average molecular weight is 205 g/mol. The Kier molecular flexibility index (Phi) is 3.39. The van der Waals surface area contributed by atoms with Crippen LogP contribution in [0.5, 0.6) is 0 Å². The molecule has 0 amide bonds. The lowest BCUT2D eigenvalue weighted by Gasteiger charge is -2.27. The molecule has 1 N–H and O–H groups in total. The maximum absolute atomic E-state index is 5.79. The third-order valence-corrected chi connectivity index (χ3v) is 2.80. The molecule has 1 aromatic carbocycles. The summed E-state index contributed by atoms with van der Waals surface area (Å²) in [6, 6.07) is 9.11. The largest absolute Gasteiger partial charge is 0.372 e. The zero-order valence-corrected chi connectivity index (χ0v) is 9.49. The minimum absolute atomic E-state index is 0.234. The van der Waals surface area contributed by atoms with E-state index in [9.17, 15) is 0 Å². The van der Waals surface area contributed by atoms with Crippen molar-refractivity contribution in [3.8, 4) is 0 Å². The highest BCUT2D eigenvalue weighted by molar-refractivity contribution is 5.31. The summed E-state index contributed by atoms with van der Waals surface area (Å²) in [5.74, 6) is 0. The molecule has 82 valence electrons. The number of nitrogens with one attached hydrogen (secondary N) is 1. The average Bonchev–Trinajstić information content (AvgIpc) is 2.26. The maximum atomic E-state index is 5.79. The first-order valence-corrected chi connectivity index (χ1v) is 5.70. The second-order valence-corrected chi connectivity index (χ2v) is 4.37. The van der Waals surface area contributed by atoms with Gasteiger partial charge in [0.1, 0.15) is 0 Å². The molecule has 0 fully saturated rings. The third kappa shape index (κ3) is 2.58. The lowest BCUT2D eigenvalue weighted by Crippen LogP contribution is -2.31. The highest BCUT2D eigenvalue weighted by atomic mass is 16.5. The fourth-order valence-electron chi connectivity index (χ4n) is 1.99. The van der Waals surface area contributed by atoms with Gasteiger partial charge in [-0.2, -0.15) is 0 Å². The SMILES string of the molecule is CC(C)NCC1OCCc2ccccc21. The monoisotopic (exact) mass is 205 g/mol. The Labute approximate surface area is 91.6 Å². The van der Waals surface area contributed by atoms with Crippen molar-refractivity contribution in [2.75, 3.05) is 13.2 Å². The van der Waals surface area contributed by atoms with Crippen LogP contribution in [0.4, 0.5) is 0 Å². The molecule has 2 rings (SSSR count). The Morgan fingerprint density at radius 2 is 2.20 bits per heavy atom. The topological polar surface area (TPSA) is 21.3 Å². The molecule has 1 aromatic rings. The van der Waals surface area contributed by atoms with Crippen molar-refractivity contribution < 1.29 is 4.74 Å². The van der Waals surface area contributed by atoms with Gasteiger partial charge in [-0.25, -0.2) is 0 Å². The zero-order chi connectivity index (χ0) is 10.7. The van der Waals surface area contributed by atoms with E-state index in [-0.39, 0.29) is 6.10 Å². The molecule has 0 bridgehead atoms. The first kappa shape index (κ1) is 10.7. The lowest BCUT2D eigenvalue weighted by molar-refractivity contribution is 0.0413. The van der Waals surface area contributed by atoms with Gasteiger partial charge in [0.25, 0.3) is 0 Å². The molecule has 2 heteroatoms. The van der Waals surface area contributed by atoms with E-state index in [2.05, 4.69) is 43.4 Å². The molecule has 1 aliphatic heterocycles. The Hall–Kier alpha value is -0.860. The molecule has 1 atom stereocenters. The highest BCUT2D eigenvalue weighted by Crippen LogP contribution is 2.26. The van der Waals surface area contributed by atoms with Crippen molar-refractivity contribution in [3.05, 3.63) is 35.4 Å². The van der Waals surface area contributed by atoms with Crippen LogP contribution < -0.4 is 5.32 Å². The Morgan fingerprint density at radius 1 is 1.40 bits per heavy atom. The zero-order valence-electron chi connectivity index (χ0n) is 9.49. The predicted octanol–water partition coefficient (Wildman–Crippen LogP) is 2.30. The van der Waals surface area contributed by atoms with Crippen molar-refractivity contribution in [1.29, 1.82) is 0 Å². The van der Waals surface area contributed by atoms with E-state index < -0.39 is 0 Å². The molecule has 0 saturated heterocycles. The van der Waals surface area contributed by atoms with Crippen molar-refractivity contribution in [3.63, 3.8) is 0 Å². The molecule has 1 aliphatic rings. The molecule has 2 nitrogen and oxygen atoms in total.